The van der Waals surface area contributed by atoms with E-state index in [0.717, 1.165) is 24.0 Å². The van der Waals surface area contributed by atoms with Crippen molar-refractivity contribution in [2.75, 3.05) is 12.4 Å². The first-order chi connectivity index (χ1) is 13.7. The predicted octanol–water partition coefficient (Wildman–Crippen LogP) is 4.69. The minimum absolute atomic E-state index is 0.180. The number of nitrogens with zero attached hydrogens (tertiary/aromatic N) is 1. The predicted molar refractivity (Wildman–Crippen MR) is 114 cm³/mol. The molecular formula is C23H25NO3S. The summed E-state index contributed by atoms with van der Waals surface area (Å²) in [6.07, 6.45) is 5.12. The number of thioether (sulfide) groups is 1. The molecule has 2 aromatic carbocycles. The topological polar surface area (TPSA) is 46.6 Å². The van der Waals surface area contributed by atoms with Crippen molar-refractivity contribution >= 4 is 29.7 Å². The second-order valence-electron chi connectivity index (χ2n) is 6.62. The van der Waals surface area contributed by atoms with Gasteiger partial charge in [0, 0.05) is 11.8 Å². The number of carbonyl (C=O) groups is 2. The van der Waals surface area contributed by atoms with Crippen molar-refractivity contribution in [1.82, 2.24) is 4.90 Å². The number of hydrogen-bond donors (Lipinski definition) is 0. The van der Waals surface area contributed by atoms with E-state index in [4.69, 9.17) is 4.74 Å². The smallest absolute Gasteiger partial charge is 0.329 e. The van der Waals surface area contributed by atoms with Gasteiger partial charge in [-0.3, -0.25) is 4.79 Å². The van der Waals surface area contributed by atoms with E-state index in [1.54, 1.807) is 28.8 Å². The van der Waals surface area contributed by atoms with Crippen LogP contribution in [0.2, 0.25) is 0 Å². The summed E-state index contributed by atoms with van der Waals surface area (Å²) in [6.45, 7) is 2.45. The minimum atomic E-state index is -0.569. The average molecular weight is 396 g/mol. The summed E-state index contributed by atoms with van der Waals surface area (Å²) >= 11 is 1.60. The molecule has 2 aromatic rings. The Labute approximate surface area is 170 Å². The lowest BCUT2D eigenvalue weighted by Gasteiger charge is -2.27. The van der Waals surface area contributed by atoms with Crippen molar-refractivity contribution in [1.29, 1.82) is 0 Å². The fourth-order valence-corrected chi connectivity index (χ4v) is 4.48. The highest BCUT2D eigenvalue weighted by Crippen LogP contribution is 2.41. The molecule has 2 unspecified atom stereocenters. The monoisotopic (exact) mass is 395 g/mol. The fourth-order valence-electron chi connectivity index (χ4n) is 3.06. The summed E-state index contributed by atoms with van der Waals surface area (Å²) in [6, 6.07) is 18.9. The van der Waals surface area contributed by atoms with Gasteiger partial charge in [-0.15, -0.1) is 11.8 Å². The Kier molecular flexibility index (Phi) is 7.31. The van der Waals surface area contributed by atoms with Gasteiger partial charge in [-0.05, 0) is 23.6 Å². The highest BCUT2D eigenvalue weighted by molar-refractivity contribution is 7.99. The molecule has 4 nitrogen and oxygen atoms in total. The Morgan fingerprint density at radius 3 is 2.46 bits per heavy atom. The molecule has 1 fully saturated rings. The molecule has 1 aliphatic rings. The van der Waals surface area contributed by atoms with E-state index in [-0.39, 0.29) is 17.3 Å². The molecule has 0 radical (unpaired) electrons. The molecule has 0 aliphatic carbocycles. The third-order valence-electron chi connectivity index (χ3n) is 4.57. The van der Waals surface area contributed by atoms with Gasteiger partial charge >= 0.3 is 5.97 Å². The molecule has 0 saturated carbocycles. The normalized spacial score (nSPS) is 19.1. The number of amides is 1. The van der Waals surface area contributed by atoms with Crippen molar-refractivity contribution in [2.24, 2.45) is 0 Å². The number of rotatable bonds is 7. The zero-order valence-electron chi connectivity index (χ0n) is 16.0. The van der Waals surface area contributed by atoms with Gasteiger partial charge in [-0.1, -0.05) is 74.0 Å². The average Bonchev–Trinajstić information content (AvgIpc) is 3.19. The maximum Gasteiger partial charge on any atom is 0.329 e. The molecule has 5 heteroatoms. The lowest BCUT2D eigenvalue weighted by molar-refractivity contribution is -0.152. The Morgan fingerprint density at radius 1 is 1.11 bits per heavy atom. The van der Waals surface area contributed by atoms with Crippen LogP contribution in [0.15, 0.2) is 66.7 Å². The second-order valence-corrected chi connectivity index (χ2v) is 7.74. The van der Waals surface area contributed by atoms with Gasteiger partial charge in [-0.25, -0.2) is 4.79 Å². The van der Waals surface area contributed by atoms with Crippen LogP contribution in [0.5, 0.6) is 0 Å². The molecule has 0 bridgehead atoms. The van der Waals surface area contributed by atoms with Crippen LogP contribution in [0.25, 0.3) is 6.08 Å². The van der Waals surface area contributed by atoms with Crippen molar-refractivity contribution < 1.29 is 14.3 Å². The summed E-state index contributed by atoms with van der Waals surface area (Å²) in [5.74, 6) is 0.0381. The SMILES string of the molecule is CCCCOC(=O)C1CSC(c2ccccc2)N1C(=O)/C=C/c1ccccc1. The van der Waals surface area contributed by atoms with Crippen LogP contribution in [0, 0.1) is 0 Å². The molecule has 146 valence electrons. The van der Waals surface area contributed by atoms with Crippen LogP contribution in [0.4, 0.5) is 0 Å². The Hall–Kier alpha value is -2.53. The molecule has 1 amide bonds. The van der Waals surface area contributed by atoms with Gasteiger partial charge in [-0.2, -0.15) is 0 Å². The number of benzene rings is 2. The fraction of sp³-hybridized carbons (Fsp3) is 0.304. The molecule has 2 atom stereocenters. The number of carbonyl (C=O) groups excluding carboxylic acids is 2. The van der Waals surface area contributed by atoms with Gasteiger partial charge < -0.3 is 9.64 Å². The van der Waals surface area contributed by atoms with Crippen LogP contribution in [-0.2, 0) is 14.3 Å². The first-order valence-electron chi connectivity index (χ1n) is 9.59. The van der Waals surface area contributed by atoms with Crippen molar-refractivity contribution in [2.45, 2.75) is 31.2 Å². The van der Waals surface area contributed by atoms with E-state index in [9.17, 15) is 9.59 Å². The maximum atomic E-state index is 13.1. The van der Waals surface area contributed by atoms with Crippen LogP contribution in [-0.4, -0.2) is 35.2 Å². The summed E-state index contributed by atoms with van der Waals surface area (Å²) in [5, 5.41) is -0.196. The zero-order chi connectivity index (χ0) is 19.8. The zero-order valence-corrected chi connectivity index (χ0v) is 16.8. The van der Waals surface area contributed by atoms with Gasteiger partial charge in [0.05, 0.1) is 6.61 Å². The third kappa shape index (κ3) is 5.04. The maximum absolute atomic E-state index is 13.1. The van der Waals surface area contributed by atoms with Gasteiger partial charge in [0.2, 0.25) is 5.91 Å². The van der Waals surface area contributed by atoms with Gasteiger partial charge in [0.1, 0.15) is 11.4 Å². The van der Waals surface area contributed by atoms with E-state index in [2.05, 4.69) is 6.92 Å². The summed E-state index contributed by atoms with van der Waals surface area (Å²) < 4.78 is 5.42. The first kappa shape index (κ1) is 20.2. The van der Waals surface area contributed by atoms with E-state index in [1.807, 2.05) is 60.7 Å². The molecule has 0 N–H and O–H groups in total. The van der Waals surface area contributed by atoms with E-state index in [1.165, 1.54) is 0 Å². The number of unbranched alkanes of at least 4 members (excludes halogenated alkanes) is 1. The van der Waals surface area contributed by atoms with Crippen molar-refractivity contribution in [3.8, 4) is 0 Å². The van der Waals surface area contributed by atoms with Crippen LogP contribution in [0.3, 0.4) is 0 Å². The standard InChI is InChI=1S/C23H25NO3S/c1-2-3-16-27-23(26)20-17-28-22(19-12-8-5-9-13-19)24(20)21(25)15-14-18-10-6-4-7-11-18/h4-15,20,22H,2-3,16-17H2,1H3/b15-14+. The van der Waals surface area contributed by atoms with E-state index in [0.29, 0.717) is 12.4 Å². The molecule has 28 heavy (non-hydrogen) atoms. The Bertz CT molecular complexity index is 807. The highest BCUT2D eigenvalue weighted by Gasteiger charge is 2.42. The lowest BCUT2D eigenvalue weighted by Crippen LogP contribution is -2.43. The second kappa shape index (κ2) is 10.1. The molecule has 3 rings (SSSR count). The molecule has 0 spiro atoms. The van der Waals surface area contributed by atoms with Gasteiger partial charge in [0.25, 0.3) is 0 Å². The first-order valence-corrected chi connectivity index (χ1v) is 10.6. The van der Waals surface area contributed by atoms with Crippen LogP contribution < -0.4 is 0 Å². The van der Waals surface area contributed by atoms with Crippen molar-refractivity contribution in [3.05, 3.63) is 77.9 Å². The van der Waals surface area contributed by atoms with E-state index >= 15 is 0 Å². The quantitative estimate of drug-likeness (QED) is 0.388. The number of hydrogen-bond acceptors (Lipinski definition) is 4. The molecule has 1 aliphatic heterocycles. The highest BCUT2D eigenvalue weighted by atomic mass is 32.2. The summed E-state index contributed by atoms with van der Waals surface area (Å²) in [4.78, 5) is 27.4. The molecule has 0 aromatic heterocycles. The number of esters is 1. The van der Waals surface area contributed by atoms with Crippen LogP contribution in [0.1, 0.15) is 36.3 Å². The van der Waals surface area contributed by atoms with Crippen LogP contribution >= 0.6 is 11.8 Å². The lowest BCUT2D eigenvalue weighted by atomic mass is 10.1. The third-order valence-corrected chi connectivity index (χ3v) is 5.90. The summed E-state index contributed by atoms with van der Waals surface area (Å²) in [5.41, 5.74) is 1.96. The molecule has 1 saturated heterocycles. The largest absolute Gasteiger partial charge is 0.464 e. The van der Waals surface area contributed by atoms with Gasteiger partial charge in [0.15, 0.2) is 0 Å². The number of ether oxygens (including phenoxy) is 1. The molecule has 1 heterocycles. The minimum Gasteiger partial charge on any atom is -0.464 e. The summed E-state index contributed by atoms with van der Waals surface area (Å²) in [7, 11) is 0. The Morgan fingerprint density at radius 2 is 1.79 bits per heavy atom. The molecular weight excluding hydrogens is 370 g/mol. The van der Waals surface area contributed by atoms with Crippen molar-refractivity contribution in [3.63, 3.8) is 0 Å². The Balaban J connectivity index is 1.81. The van der Waals surface area contributed by atoms with E-state index < -0.39 is 6.04 Å².